The van der Waals surface area contributed by atoms with Crippen LogP contribution in [0, 0.1) is 0 Å². The second-order valence-corrected chi connectivity index (χ2v) is 1.94. The lowest BCUT2D eigenvalue weighted by Crippen LogP contribution is -2.15. The van der Waals surface area contributed by atoms with Crippen LogP contribution in [-0.2, 0) is 0 Å². The standard InChI is InChI=1S/C7H13N/c1-4-5-6(2)7(3)8/h4-5,7H,1,8H2,2-3H3/b6-5-. The van der Waals surface area contributed by atoms with Crippen LogP contribution in [0.1, 0.15) is 13.8 Å². The van der Waals surface area contributed by atoms with Gasteiger partial charge in [0.2, 0.25) is 0 Å². The van der Waals surface area contributed by atoms with Crippen LogP contribution in [0.2, 0.25) is 0 Å². The smallest absolute Gasteiger partial charge is 0.0225 e. The van der Waals surface area contributed by atoms with E-state index in [1.165, 1.54) is 5.57 Å². The van der Waals surface area contributed by atoms with Gasteiger partial charge in [-0.05, 0) is 13.8 Å². The van der Waals surface area contributed by atoms with Crippen molar-refractivity contribution in [1.82, 2.24) is 0 Å². The highest BCUT2D eigenvalue weighted by Crippen LogP contribution is 1.95. The molecule has 0 aliphatic heterocycles. The quantitative estimate of drug-likeness (QED) is 0.536. The van der Waals surface area contributed by atoms with Gasteiger partial charge in [-0.1, -0.05) is 24.3 Å². The van der Waals surface area contributed by atoms with E-state index in [-0.39, 0.29) is 6.04 Å². The molecule has 0 aromatic carbocycles. The molecule has 0 fully saturated rings. The van der Waals surface area contributed by atoms with E-state index in [2.05, 4.69) is 6.58 Å². The van der Waals surface area contributed by atoms with E-state index in [4.69, 9.17) is 5.73 Å². The van der Waals surface area contributed by atoms with Gasteiger partial charge in [0.15, 0.2) is 0 Å². The molecular weight excluding hydrogens is 98.1 g/mol. The molecule has 2 N–H and O–H groups in total. The van der Waals surface area contributed by atoms with Gasteiger partial charge < -0.3 is 5.73 Å². The van der Waals surface area contributed by atoms with Crippen LogP contribution in [0.3, 0.4) is 0 Å². The van der Waals surface area contributed by atoms with Crippen molar-refractivity contribution in [3.05, 3.63) is 24.3 Å². The zero-order chi connectivity index (χ0) is 6.57. The monoisotopic (exact) mass is 111 g/mol. The zero-order valence-electron chi connectivity index (χ0n) is 5.52. The largest absolute Gasteiger partial charge is 0.324 e. The predicted octanol–water partition coefficient (Wildman–Crippen LogP) is 1.47. The Labute approximate surface area is 50.9 Å². The normalized spacial score (nSPS) is 15.6. The minimum Gasteiger partial charge on any atom is -0.324 e. The van der Waals surface area contributed by atoms with Crippen molar-refractivity contribution in [2.45, 2.75) is 19.9 Å². The third-order valence-corrected chi connectivity index (χ3v) is 1.10. The van der Waals surface area contributed by atoms with E-state index >= 15 is 0 Å². The first-order valence-electron chi connectivity index (χ1n) is 2.73. The number of hydrogen-bond donors (Lipinski definition) is 1. The average molecular weight is 111 g/mol. The SMILES string of the molecule is C=C/C=C(/C)C(C)N. The number of allylic oxidation sites excluding steroid dienone is 2. The van der Waals surface area contributed by atoms with Gasteiger partial charge >= 0.3 is 0 Å². The fourth-order valence-electron chi connectivity index (χ4n) is 0.338. The van der Waals surface area contributed by atoms with Crippen LogP contribution in [-0.4, -0.2) is 6.04 Å². The maximum Gasteiger partial charge on any atom is 0.0225 e. The van der Waals surface area contributed by atoms with Gasteiger partial charge in [-0.2, -0.15) is 0 Å². The highest BCUT2D eigenvalue weighted by molar-refractivity contribution is 5.12. The maximum absolute atomic E-state index is 5.51. The van der Waals surface area contributed by atoms with Crippen molar-refractivity contribution in [1.29, 1.82) is 0 Å². The lowest BCUT2D eigenvalue weighted by atomic mass is 10.1. The third kappa shape index (κ3) is 2.59. The van der Waals surface area contributed by atoms with Crippen molar-refractivity contribution in [2.24, 2.45) is 5.73 Å². The van der Waals surface area contributed by atoms with Crippen LogP contribution >= 0.6 is 0 Å². The molecule has 0 bridgehead atoms. The first kappa shape index (κ1) is 7.44. The second-order valence-electron chi connectivity index (χ2n) is 1.94. The van der Waals surface area contributed by atoms with Crippen LogP contribution in [0.4, 0.5) is 0 Å². The molecule has 0 saturated heterocycles. The summed E-state index contributed by atoms with van der Waals surface area (Å²) < 4.78 is 0. The Morgan fingerprint density at radius 1 is 1.75 bits per heavy atom. The van der Waals surface area contributed by atoms with E-state index in [9.17, 15) is 0 Å². The lowest BCUT2D eigenvalue weighted by molar-refractivity contribution is 0.861. The third-order valence-electron chi connectivity index (χ3n) is 1.10. The molecule has 0 aromatic rings. The molecule has 1 nitrogen and oxygen atoms in total. The first-order valence-corrected chi connectivity index (χ1v) is 2.73. The molecule has 0 heterocycles. The van der Waals surface area contributed by atoms with Crippen molar-refractivity contribution >= 4 is 0 Å². The summed E-state index contributed by atoms with van der Waals surface area (Å²) in [7, 11) is 0. The molecule has 0 radical (unpaired) electrons. The van der Waals surface area contributed by atoms with Crippen molar-refractivity contribution in [3.63, 3.8) is 0 Å². The minimum atomic E-state index is 0.160. The number of hydrogen-bond acceptors (Lipinski definition) is 1. The topological polar surface area (TPSA) is 26.0 Å². The second kappa shape index (κ2) is 3.44. The van der Waals surface area contributed by atoms with E-state index in [1.807, 2.05) is 19.9 Å². The van der Waals surface area contributed by atoms with E-state index in [1.54, 1.807) is 6.08 Å². The highest BCUT2D eigenvalue weighted by atomic mass is 14.6. The van der Waals surface area contributed by atoms with Crippen LogP contribution in [0.15, 0.2) is 24.3 Å². The molecule has 0 amide bonds. The lowest BCUT2D eigenvalue weighted by Gasteiger charge is -2.01. The molecule has 0 aliphatic rings. The van der Waals surface area contributed by atoms with Crippen molar-refractivity contribution in [3.8, 4) is 0 Å². The molecule has 0 saturated carbocycles. The minimum absolute atomic E-state index is 0.160. The van der Waals surface area contributed by atoms with Crippen molar-refractivity contribution in [2.75, 3.05) is 0 Å². The summed E-state index contributed by atoms with van der Waals surface area (Å²) in [5.74, 6) is 0. The summed E-state index contributed by atoms with van der Waals surface area (Å²) in [5, 5.41) is 0. The average Bonchev–Trinajstić information content (AvgIpc) is 1.67. The molecule has 0 spiro atoms. The number of nitrogens with two attached hydrogens (primary N) is 1. The van der Waals surface area contributed by atoms with Crippen LogP contribution in [0.25, 0.3) is 0 Å². The van der Waals surface area contributed by atoms with Gasteiger partial charge in [-0.3, -0.25) is 0 Å². The maximum atomic E-state index is 5.51. The van der Waals surface area contributed by atoms with E-state index in [0.29, 0.717) is 0 Å². The first-order chi connectivity index (χ1) is 3.68. The van der Waals surface area contributed by atoms with Gasteiger partial charge in [0.25, 0.3) is 0 Å². The van der Waals surface area contributed by atoms with Gasteiger partial charge in [-0.15, -0.1) is 0 Å². The van der Waals surface area contributed by atoms with Crippen LogP contribution in [0.5, 0.6) is 0 Å². The molecule has 8 heavy (non-hydrogen) atoms. The summed E-state index contributed by atoms with van der Waals surface area (Å²) in [6, 6.07) is 0.160. The van der Waals surface area contributed by atoms with Crippen molar-refractivity contribution < 1.29 is 0 Å². The van der Waals surface area contributed by atoms with Gasteiger partial charge in [0.05, 0.1) is 0 Å². The molecule has 1 heteroatoms. The molecule has 1 atom stereocenters. The highest BCUT2D eigenvalue weighted by Gasteiger charge is 1.91. The molecule has 46 valence electrons. The Morgan fingerprint density at radius 3 is 2.38 bits per heavy atom. The van der Waals surface area contributed by atoms with E-state index in [0.717, 1.165) is 0 Å². The van der Waals surface area contributed by atoms with Gasteiger partial charge in [0, 0.05) is 6.04 Å². The fourth-order valence-corrected chi connectivity index (χ4v) is 0.338. The Kier molecular flexibility index (Phi) is 3.20. The Balaban J connectivity index is 3.78. The molecule has 1 unspecified atom stereocenters. The molecular formula is C7H13N. The van der Waals surface area contributed by atoms with E-state index < -0.39 is 0 Å². The summed E-state index contributed by atoms with van der Waals surface area (Å²) in [6.07, 6.45) is 3.67. The summed E-state index contributed by atoms with van der Waals surface area (Å²) >= 11 is 0. The number of rotatable bonds is 2. The molecule has 0 aromatic heterocycles. The van der Waals surface area contributed by atoms with Crippen LogP contribution < -0.4 is 5.73 Å². The Morgan fingerprint density at radius 2 is 2.25 bits per heavy atom. The van der Waals surface area contributed by atoms with Gasteiger partial charge in [-0.25, -0.2) is 0 Å². The Hall–Kier alpha value is -0.560. The van der Waals surface area contributed by atoms with Gasteiger partial charge in [0.1, 0.15) is 0 Å². The predicted molar refractivity (Wildman–Crippen MR) is 37.6 cm³/mol. The summed E-state index contributed by atoms with van der Waals surface area (Å²) in [6.45, 7) is 7.50. The summed E-state index contributed by atoms with van der Waals surface area (Å²) in [5.41, 5.74) is 6.67. The Bertz CT molecular complexity index is 101. The zero-order valence-corrected chi connectivity index (χ0v) is 5.52. The molecule has 0 aliphatic carbocycles. The summed E-state index contributed by atoms with van der Waals surface area (Å²) in [4.78, 5) is 0. The fraction of sp³-hybridized carbons (Fsp3) is 0.429. The molecule has 0 rings (SSSR count).